The molecule has 0 bridgehead atoms. The molecule has 0 radical (unpaired) electrons. The summed E-state index contributed by atoms with van der Waals surface area (Å²) < 4.78 is 28.8. The summed E-state index contributed by atoms with van der Waals surface area (Å²) in [6.07, 6.45) is 9.49. The molecule has 4 rings (SSSR count). The van der Waals surface area contributed by atoms with Gasteiger partial charge in [0.25, 0.3) is 0 Å². The summed E-state index contributed by atoms with van der Waals surface area (Å²) >= 11 is 0. The molecule has 0 N–H and O–H groups in total. The molecule has 1 aromatic carbocycles. The number of nitrogens with zero attached hydrogens (tertiary/aromatic N) is 3. The van der Waals surface area contributed by atoms with Crippen molar-refractivity contribution in [1.29, 1.82) is 0 Å². The topological polar surface area (TPSA) is 53.5 Å². The van der Waals surface area contributed by atoms with Crippen molar-refractivity contribution in [3.05, 3.63) is 53.7 Å². The number of anilines is 1. The van der Waals surface area contributed by atoms with Gasteiger partial charge < -0.3 is 4.90 Å². The van der Waals surface area contributed by atoms with Gasteiger partial charge in [0.1, 0.15) is 5.82 Å². The molecule has 0 amide bonds. The monoisotopic (exact) mass is 413 g/mol. The lowest BCUT2D eigenvalue weighted by Crippen LogP contribution is -2.39. The Hall–Kier alpha value is -1.92. The van der Waals surface area contributed by atoms with Crippen LogP contribution in [0, 0.1) is 6.92 Å². The van der Waals surface area contributed by atoms with Crippen LogP contribution in [0.15, 0.2) is 47.5 Å². The van der Waals surface area contributed by atoms with Gasteiger partial charge in [-0.15, -0.1) is 0 Å². The summed E-state index contributed by atoms with van der Waals surface area (Å²) in [5.74, 6) is 0.977. The van der Waals surface area contributed by atoms with Crippen LogP contribution in [0.3, 0.4) is 0 Å². The number of benzene rings is 1. The zero-order valence-electron chi connectivity index (χ0n) is 17.3. The predicted molar refractivity (Wildman–Crippen MR) is 117 cm³/mol. The molecule has 156 valence electrons. The van der Waals surface area contributed by atoms with Crippen LogP contribution in [0.25, 0.3) is 0 Å². The highest BCUT2D eigenvalue weighted by molar-refractivity contribution is 7.89. The average Bonchev–Trinajstić information content (AvgIpc) is 3.04. The van der Waals surface area contributed by atoms with Gasteiger partial charge in [-0.3, -0.25) is 0 Å². The molecule has 1 atom stereocenters. The van der Waals surface area contributed by atoms with Gasteiger partial charge in [0.15, 0.2) is 0 Å². The van der Waals surface area contributed by atoms with E-state index in [1.807, 2.05) is 31.3 Å². The van der Waals surface area contributed by atoms with Crippen LogP contribution in [-0.2, 0) is 10.0 Å². The van der Waals surface area contributed by atoms with Gasteiger partial charge >= 0.3 is 0 Å². The van der Waals surface area contributed by atoms with Crippen LogP contribution in [0.2, 0.25) is 0 Å². The maximum Gasteiger partial charge on any atom is 0.243 e. The first-order chi connectivity index (χ1) is 14.1. The zero-order valence-corrected chi connectivity index (χ0v) is 18.1. The molecule has 2 aliphatic heterocycles. The summed E-state index contributed by atoms with van der Waals surface area (Å²) in [5.41, 5.74) is 2.12. The van der Waals surface area contributed by atoms with Crippen LogP contribution < -0.4 is 4.90 Å². The Bertz CT molecular complexity index is 919. The van der Waals surface area contributed by atoms with Gasteiger partial charge in [-0.05, 0) is 50.8 Å². The van der Waals surface area contributed by atoms with E-state index in [0.717, 1.165) is 49.3 Å². The molecular formula is C23H31N3O2S. The Morgan fingerprint density at radius 2 is 1.59 bits per heavy atom. The number of sulfonamides is 1. The molecule has 29 heavy (non-hydrogen) atoms. The Labute approximate surface area is 174 Å². The Morgan fingerprint density at radius 1 is 0.897 bits per heavy atom. The van der Waals surface area contributed by atoms with Gasteiger partial charge in [0.2, 0.25) is 10.0 Å². The first-order valence-electron chi connectivity index (χ1n) is 10.9. The molecule has 2 saturated heterocycles. The van der Waals surface area contributed by atoms with Crippen LogP contribution in [0.1, 0.15) is 62.1 Å². The molecule has 0 aliphatic carbocycles. The molecule has 1 aromatic heterocycles. The number of hydrogen-bond donors (Lipinski definition) is 0. The van der Waals surface area contributed by atoms with E-state index in [1.54, 1.807) is 16.4 Å². The van der Waals surface area contributed by atoms with E-state index in [-0.39, 0.29) is 6.04 Å². The maximum absolute atomic E-state index is 13.5. The van der Waals surface area contributed by atoms with E-state index in [1.165, 1.54) is 25.7 Å². The molecular weight excluding hydrogens is 382 g/mol. The van der Waals surface area contributed by atoms with Crippen LogP contribution in [0.5, 0.6) is 0 Å². The SMILES string of the molecule is Cc1ccc(S(=O)(=O)N2CCCCC2c2cccnc2N2CCCCCC2)cc1. The fraction of sp³-hybridized carbons (Fsp3) is 0.522. The van der Waals surface area contributed by atoms with Gasteiger partial charge in [-0.25, -0.2) is 13.4 Å². The minimum atomic E-state index is -3.54. The van der Waals surface area contributed by atoms with Crippen molar-refractivity contribution in [2.45, 2.75) is 62.8 Å². The van der Waals surface area contributed by atoms with Crippen LogP contribution in [0.4, 0.5) is 5.82 Å². The molecule has 0 saturated carbocycles. The highest BCUT2D eigenvalue weighted by Crippen LogP contribution is 2.39. The zero-order chi connectivity index (χ0) is 20.3. The van der Waals surface area contributed by atoms with Crippen LogP contribution in [-0.4, -0.2) is 37.3 Å². The van der Waals surface area contributed by atoms with Crippen LogP contribution >= 0.6 is 0 Å². The van der Waals surface area contributed by atoms with E-state index in [9.17, 15) is 8.42 Å². The van der Waals surface area contributed by atoms with Gasteiger partial charge in [-0.2, -0.15) is 4.31 Å². The first-order valence-corrected chi connectivity index (χ1v) is 12.3. The van der Waals surface area contributed by atoms with Gasteiger partial charge in [0, 0.05) is 31.4 Å². The highest BCUT2D eigenvalue weighted by atomic mass is 32.2. The Morgan fingerprint density at radius 3 is 2.31 bits per heavy atom. The number of aryl methyl sites for hydroxylation is 1. The van der Waals surface area contributed by atoms with Crippen molar-refractivity contribution in [1.82, 2.24) is 9.29 Å². The van der Waals surface area contributed by atoms with Crippen molar-refractivity contribution in [3.63, 3.8) is 0 Å². The first kappa shape index (κ1) is 20.4. The number of rotatable bonds is 4. The second-order valence-electron chi connectivity index (χ2n) is 8.26. The molecule has 0 spiro atoms. The van der Waals surface area contributed by atoms with E-state index in [4.69, 9.17) is 4.98 Å². The summed E-state index contributed by atoms with van der Waals surface area (Å²) in [7, 11) is -3.54. The van der Waals surface area contributed by atoms with E-state index < -0.39 is 10.0 Å². The largest absolute Gasteiger partial charge is 0.356 e. The van der Waals surface area contributed by atoms with Crippen molar-refractivity contribution in [2.75, 3.05) is 24.5 Å². The summed E-state index contributed by atoms with van der Waals surface area (Å²) in [5, 5.41) is 0. The van der Waals surface area contributed by atoms with E-state index in [0.29, 0.717) is 11.4 Å². The van der Waals surface area contributed by atoms with E-state index in [2.05, 4.69) is 11.0 Å². The Balaban J connectivity index is 1.70. The standard InChI is InChI=1S/C23H31N3O2S/c1-19-11-13-20(14-12-19)29(27,28)26-18-7-4-10-22(26)21-9-8-15-24-23(21)25-16-5-2-3-6-17-25/h8-9,11-15,22H,2-7,10,16-18H2,1H3. The van der Waals surface area contributed by atoms with Crippen molar-refractivity contribution in [3.8, 4) is 0 Å². The predicted octanol–water partition coefficient (Wildman–Crippen LogP) is 4.69. The fourth-order valence-corrected chi connectivity index (χ4v) is 6.24. The van der Waals surface area contributed by atoms with Crippen molar-refractivity contribution < 1.29 is 8.42 Å². The average molecular weight is 414 g/mol. The minimum Gasteiger partial charge on any atom is -0.356 e. The lowest BCUT2D eigenvalue weighted by molar-refractivity contribution is 0.256. The minimum absolute atomic E-state index is 0.151. The highest BCUT2D eigenvalue weighted by Gasteiger charge is 2.36. The van der Waals surface area contributed by atoms with Crippen molar-refractivity contribution >= 4 is 15.8 Å². The number of pyridine rings is 1. The smallest absolute Gasteiger partial charge is 0.243 e. The summed E-state index contributed by atoms with van der Waals surface area (Å²) in [6.45, 7) is 4.54. The van der Waals surface area contributed by atoms with Gasteiger partial charge in [0.05, 0.1) is 10.9 Å². The molecule has 2 fully saturated rings. The Kier molecular flexibility index (Phi) is 6.20. The molecule has 2 aliphatic rings. The molecule has 3 heterocycles. The molecule has 5 nitrogen and oxygen atoms in total. The second kappa shape index (κ2) is 8.84. The molecule has 1 unspecified atom stereocenters. The number of hydrogen-bond acceptors (Lipinski definition) is 4. The third-order valence-electron chi connectivity index (χ3n) is 6.16. The normalized spacial score (nSPS) is 21.7. The quantitative estimate of drug-likeness (QED) is 0.730. The summed E-state index contributed by atoms with van der Waals surface area (Å²) in [4.78, 5) is 7.48. The third-order valence-corrected chi connectivity index (χ3v) is 8.09. The van der Waals surface area contributed by atoms with Crippen molar-refractivity contribution in [2.24, 2.45) is 0 Å². The summed E-state index contributed by atoms with van der Waals surface area (Å²) in [6, 6.07) is 11.1. The number of piperidine rings is 1. The molecule has 6 heteroatoms. The maximum atomic E-state index is 13.5. The lowest BCUT2D eigenvalue weighted by Gasteiger charge is -2.37. The second-order valence-corrected chi connectivity index (χ2v) is 10.1. The lowest BCUT2D eigenvalue weighted by atomic mass is 9.97. The van der Waals surface area contributed by atoms with E-state index >= 15 is 0 Å². The fourth-order valence-electron chi connectivity index (χ4n) is 4.57. The third kappa shape index (κ3) is 4.33. The van der Waals surface area contributed by atoms with Gasteiger partial charge in [-0.1, -0.05) is 43.0 Å². The number of aromatic nitrogens is 1. The molecule has 2 aromatic rings.